The number of hydrogen-bond donors (Lipinski definition) is 0. The van der Waals surface area contributed by atoms with Gasteiger partial charge in [0.15, 0.2) is 0 Å². The van der Waals surface area contributed by atoms with Crippen LogP contribution >= 0.6 is 11.6 Å². The monoisotopic (exact) mass is 403 g/mol. The Bertz CT molecular complexity index is 701. The first-order valence-electron chi connectivity index (χ1n) is 9.56. The summed E-state index contributed by atoms with van der Waals surface area (Å²) in [6.07, 6.45) is 0. The van der Waals surface area contributed by atoms with Crippen LogP contribution < -0.4 is 0 Å². The van der Waals surface area contributed by atoms with E-state index in [2.05, 4.69) is 0 Å². The van der Waals surface area contributed by atoms with Crippen molar-refractivity contribution in [3.8, 4) is 0 Å². The van der Waals surface area contributed by atoms with E-state index in [4.69, 9.17) is 21.1 Å². The lowest BCUT2D eigenvalue weighted by atomic mass is 10.2. The highest BCUT2D eigenvalue weighted by Gasteiger charge is 2.21. The number of carbonyl (C=O) groups is 1. The van der Waals surface area contributed by atoms with Crippen LogP contribution in [-0.2, 0) is 27.4 Å². The Morgan fingerprint density at radius 1 is 1.00 bits per heavy atom. The summed E-state index contributed by atoms with van der Waals surface area (Å²) in [6.45, 7) is 7.89. The van der Waals surface area contributed by atoms with Gasteiger partial charge in [0.25, 0.3) is 0 Å². The predicted octanol–water partition coefficient (Wildman–Crippen LogP) is 4.65. The SMILES string of the molecule is CC(C)(C)OC(=O)CN(Cc1ccccc1)C[C@H](Cl)COCc1ccccc1. The number of nitrogens with zero attached hydrogens (tertiary/aromatic N) is 1. The minimum Gasteiger partial charge on any atom is -0.459 e. The van der Waals surface area contributed by atoms with E-state index < -0.39 is 5.60 Å². The molecular formula is C23H30ClNO3. The third-order valence-corrected chi connectivity index (χ3v) is 4.15. The Morgan fingerprint density at radius 2 is 1.57 bits per heavy atom. The zero-order chi connectivity index (χ0) is 20.4. The Balaban J connectivity index is 1.88. The predicted molar refractivity (Wildman–Crippen MR) is 113 cm³/mol. The van der Waals surface area contributed by atoms with E-state index in [1.165, 1.54) is 0 Å². The van der Waals surface area contributed by atoms with Crippen molar-refractivity contribution < 1.29 is 14.3 Å². The molecule has 0 aliphatic heterocycles. The molecule has 0 bridgehead atoms. The quantitative estimate of drug-likeness (QED) is 0.427. The zero-order valence-electron chi connectivity index (χ0n) is 16.9. The highest BCUT2D eigenvalue weighted by atomic mass is 35.5. The van der Waals surface area contributed by atoms with Gasteiger partial charge in [-0.25, -0.2) is 0 Å². The second kappa shape index (κ2) is 11.2. The van der Waals surface area contributed by atoms with Gasteiger partial charge in [0, 0.05) is 13.1 Å². The molecule has 2 rings (SSSR count). The zero-order valence-corrected chi connectivity index (χ0v) is 17.7. The molecule has 0 heterocycles. The van der Waals surface area contributed by atoms with E-state index in [-0.39, 0.29) is 17.9 Å². The molecule has 28 heavy (non-hydrogen) atoms. The average Bonchev–Trinajstić information content (AvgIpc) is 2.61. The molecule has 0 aromatic heterocycles. The van der Waals surface area contributed by atoms with Gasteiger partial charge in [-0.1, -0.05) is 60.7 Å². The number of carbonyl (C=O) groups excluding carboxylic acids is 1. The smallest absolute Gasteiger partial charge is 0.320 e. The summed E-state index contributed by atoms with van der Waals surface area (Å²) in [5, 5.41) is -0.227. The number of alkyl halides is 1. The molecule has 0 saturated heterocycles. The Hall–Kier alpha value is -1.88. The maximum Gasteiger partial charge on any atom is 0.320 e. The molecule has 1 atom stereocenters. The summed E-state index contributed by atoms with van der Waals surface area (Å²) in [5.41, 5.74) is 1.73. The number of ether oxygens (including phenoxy) is 2. The van der Waals surface area contributed by atoms with Crippen molar-refractivity contribution in [2.45, 2.75) is 44.9 Å². The molecule has 0 spiro atoms. The summed E-state index contributed by atoms with van der Waals surface area (Å²) in [4.78, 5) is 14.3. The highest BCUT2D eigenvalue weighted by Crippen LogP contribution is 2.12. The fourth-order valence-corrected chi connectivity index (χ4v) is 3.08. The number of benzene rings is 2. The third-order valence-electron chi connectivity index (χ3n) is 3.89. The van der Waals surface area contributed by atoms with Gasteiger partial charge in [-0.2, -0.15) is 0 Å². The van der Waals surface area contributed by atoms with Crippen LogP contribution in [0, 0.1) is 0 Å². The van der Waals surface area contributed by atoms with E-state index in [1.54, 1.807) is 0 Å². The van der Waals surface area contributed by atoms with Crippen molar-refractivity contribution in [3.05, 3.63) is 71.8 Å². The summed E-state index contributed by atoms with van der Waals surface area (Å²) < 4.78 is 11.2. The average molecular weight is 404 g/mol. The number of hydrogen-bond acceptors (Lipinski definition) is 4. The number of esters is 1. The normalized spacial score (nSPS) is 12.8. The second-order valence-corrected chi connectivity index (χ2v) is 8.46. The maximum atomic E-state index is 12.3. The lowest BCUT2D eigenvalue weighted by molar-refractivity contribution is -0.156. The van der Waals surface area contributed by atoms with Crippen LogP contribution in [0.25, 0.3) is 0 Å². The molecule has 0 fully saturated rings. The van der Waals surface area contributed by atoms with Gasteiger partial charge >= 0.3 is 5.97 Å². The third kappa shape index (κ3) is 9.36. The van der Waals surface area contributed by atoms with E-state index in [0.29, 0.717) is 26.3 Å². The van der Waals surface area contributed by atoms with Gasteiger partial charge in [-0.05, 0) is 31.9 Å². The van der Waals surface area contributed by atoms with E-state index in [0.717, 1.165) is 11.1 Å². The lowest BCUT2D eigenvalue weighted by Crippen LogP contribution is -2.38. The molecule has 4 nitrogen and oxygen atoms in total. The van der Waals surface area contributed by atoms with Crippen molar-refractivity contribution in [1.29, 1.82) is 0 Å². The van der Waals surface area contributed by atoms with Crippen LogP contribution in [-0.4, -0.2) is 41.5 Å². The summed E-state index contributed by atoms with van der Waals surface area (Å²) >= 11 is 6.51. The van der Waals surface area contributed by atoms with Crippen LogP contribution in [0.4, 0.5) is 0 Å². The topological polar surface area (TPSA) is 38.8 Å². The number of rotatable bonds is 10. The van der Waals surface area contributed by atoms with Crippen LogP contribution in [0.2, 0.25) is 0 Å². The van der Waals surface area contributed by atoms with E-state index in [9.17, 15) is 4.79 Å². The van der Waals surface area contributed by atoms with Gasteiger partial charge in [0.05, 0.1) is 25.1 Å². The molecule has 5 heteroatoms. The molecule has 0 aliphatic carbocycles. The molecule has 0 aliphatic rings. The van der Waals surface area contributed by atoms with E-state index >= 15 is 0 Å². The first-order valence-corrected chi connectivity index (χ1v) is 9.99. The van der Waals surface area contributed by atoms with Gasteiger partial charge < -0.3 is 9.47 Å². The molecule has 0 unspecified atom stereocenters. The Kier molecular flexibility index (Phi) is 8.97. The van der Waals surface area contributed by atoms with Crippen molar-refractivity contribution in [1.82, 2.24) is 4.90 Å². The van der Waals surface area contributed by atoms with Crippen molar-refractivity contribution in [2.75, 3.05) is 19.7 Å². The standard InChI is InChI=1S/C23H30ClNO3/c1-23(2,3)28-22(26)16-25(14-19-10-6-4-7-11-19)15-21(24)18-27-17-20-12-8-5-9-13-20/h4-13,21H,14-18H2,1-3H3/t21-/m0/s1. The van der Waals surface area contributed by atoms with Gasteiger partial charge in [-0.15, -0.1) is 11.6 Å². The van der Waals surface area contributed by atoms with Gasteiger partial charge in [0.2, 0.25) is 0 Å². The van der Waals surface area contributed by atoms with Crippen LogP contribution in [0.3, 0.4) is 0 Å². The summed E-state index contributed by atoms with van der Waals surface area (Å²) in [5.74, 6) is -0.252. The first kappa shape index (κ1) is 22.4. The van der Waals surface area contributed by atoms with Crippen molar-refractivity contribution in [2.24, 2.45) is 0 Å². The molecule has 0 N–H and O–H groups in total. The van der Waals surface area contributed by atoms with Crippen molar-refractivity contribution >= 4 is 17.6 Å². The second-order valence-electron chi connectivity index (χ2n) is 7.84. The fraction of sp³-hybridized carbons (Fsp3) is 0.435. The molecule has 2 aromatic carbocycles. The first-order chi connectivity index (χ1) is 13.3. The number of halogens is 1. The summed E-state index contributed by atoms with van der Waals surface area (Å²) in [6, 6.07) is 20.0. The van der Waals surface area contributed by atoms with Gasteiger partial charge in [-0.3, -0.25) is 9.69 Å². The minimum absolute atomic E-state index is 0.189. The fourth-order valence-electron chi connectivity index (χ4n) is 2.79. The molecule has 2 aromatic rings. The van der Waals surface area contributed by atoms with Crippen LogP contribution in [0.1, 0.15) is 31.9 Å². The molecule has 152 valence electrons. The maximum absolute atomic E-state index is 12.3. The Labute approximate surface area is 173 Å². The minimum atomic E-state index is -0.505. The molecule has 0 amide bonds. The highest BCUT2D eigenvalue weighted by molar-refractivity contribution is 6.20. The Morgan fingerprint density at radius 3 is 2.14 bits per heavy atom. The van der Waals surface area contributed by atoms with Gasteiger partial charge in [0.1, 0.15) is 5.60 Å². The molecule has 0 saturated carbocycles. The van der Waals surface area contributed by atoms with Crippen molar-refractivity contribution in [3.63, 3.8) is 0 Å². The lowest BCUT2D eigenvalue weighted by Gasteiger charge is -2.26. The van der Waals surface area contributed by atoms with Crippen LogP contribution in [0.5, 0.6) is 0 Å². The molecule has 0 radical (unpaired) electrons. The molecular weight excluding hydrogens is 374 g/mol. The summed E-state index contributed by atoms with van der Waals surface area (Å²) in [7, 11) is 0. The van der Waals surface area contributed by atoms with E-state index in [1.807, 2.05) is 86.3 Å². The largest absolute Gasteiger partial charge is 0.459 e. The van der Waals surface area contributed by atoms with Crippen LogP contribution in [0.15, 0.2) is 60.7 Å².